The topological polar surface area (TPSA) is 110 Å². The van der Waals surface area contributed by atoms with Crippen molar-refractivity contribution in [2.24, 2.45) is 0 Å². The summed E-state index contributed by atoms with van der Waals surface area (Å²) < 4.78 is 45.1. The number of allylic oxidation sites excluding steroid dienone is 2. The molecule has 0 amide bonds. The number of hydrogen-bond donors (Lipinski definition) is 0. The number of unbranched alkanes of at least 4 members (excludes halogenated alkanes) is 14. The summed E-state index contributed by atoms with van der Waals surface area (Å²) >= 11 is 0. The molecule has 0 aliphatic rings. The van der Waals surface area contributed by atoms with Crippen molar-refractivity contribution in [1.82, 2.24) is 0 Å². The van der Waals surface area contributed by atoms with Crippen LogP contribution in [-0.2, 0) is 19.6 Å². The van der Waals surface area contributed by atoms with Crippen molar-refractivity contribution in [3.63, 3.8) is 0 Å². The van der Waals surface area contributed by atoms with E-state index in [1.807, 2.05) is 12.2 Å². The van der Waals surface area contributed by atoms with Crippen molar-refractivity contribution in [2.45, 2.75) is 134 Å². The van der Waals surface area contributed by atoms with E-state index < -0.39 is 27.0 Å². The van der Waals surface area contributed by atoms with Crippen molar-refractivity contribution < 1.29 is 83.4 Å². The predicted octanol–water partition coefficient (Wildman–Crippen LogP) is 6.08. The molecule has 238 valence electrons. The van der Waals surface area contributed by atoms with Crippen LogP contribution in [0.4, 0.5) is 0 Å². The predicted molar refractivity (Wildman–Crippen MR) is 168 cm³/mol. The molecule has 43 heavy (non-hydrogen) atoms. The van der Waals surface area contributed by atoms with E-state index in [2.05, 4.69) is 26.0 Å². The molecule has 0 aliphatic carbocycles. The van der Waals surface area contributed by atoms with Gasteiger partial charge in [0.1, 0.15) is 10.1 Å². The molecule has 0 bridgehead atoms. The van der Waals surface area contributed by atoms with Gasteiger partial charge in [0.15, 0.2) is 0 Å². The second-order valence-electron chi connectivity index (χ2n) is 10.8. The Bertz CT molecular complexity index is 1050. The summed E-state index contributed by atoms with van der Waals surface area (Å²) in [6.07, 6.45) is 28.5. The maximum atomic E-state index is 12.7. The summed E-state index contributed by atoms with van der Waals surface area (Å²) in [6.45, 7) is 4.61. The first-order valence-electron chi connectivity index (χ1n) is 16.0. The van der Waals surface area contributed by atoms with Gasteiger partial charge in [-0.05, 0) is 56.7 Å². The van der Waals surface area contributed by atoms with Crippen LogP contribution in [-0.4, -0.2) is 38.1 Å². The van der Waals surface area contributed by atoms with Crippen molar-refractivity contribution in [2.75, 3.05) is 13.2 Å². The van der Waals surface area contributed by atoms with Crippen molar-refractivity contribution >= 4 is 22.1 Å². The minimum absolute atomic E-state index is 0. The molecule has 0 N–H and O–H groups in total. The minimum atomic E-state index is -4.82. The van der Waals surface area contributed by atoms with Crippen LogP contribution in [0.15, 0.2) is 47.4 Å². The maximum Gasteiger partial charge on any atom is 1.00 e. The smallest absolute Gasteiger partial charge is 0.744 e. The van der Waals surface area contributed by atoms with Crippen LogP contribution in [0, 0.1) is 0 Å². The fraction of sp³-hybridized carbons (Fsp3) is 0.647. The second kappa shape index (κ2) is 27.5. The van der Waals surface area contributed by atoms with Gasteiger partial charge in [-0.15, -0.1) is 0 Å². The number of carbonyl (C=O) groups excluding carboxylic acids is 2. The summed E-state index contributed by atoms with van der Waals surface area (Å²) in [5.41, 5.74) is -0.424. The van der Waals surface area contributed by atoms with Crippen LogP contribution < -0.4 is 51.4 Å². The third-order valence-corrected chi connectivity index (χ3v) is 7.87. The van der Waals surface area contributed by atoms with E-state index in [1.54, 1.807) is 0 Å². The molecule has 9 heteroatoms. The normalized spacial score (nSPS) is 11.6. The van der Waals surface area contributed by atoms with Crippen molar-refractivity contribution in [1.29, 1.82) is 0 Å². The van der Waals surface area contributed by atoms with Gasteiger partial charge in [0, 0.05) is 0 Å². The Morgan fingerprint density at radius 1 is 0.628 bits per heavy atom. The molecule has 1 aromatic carbocycles. The first-order chi connectivity index (χ1) is 20.3. The molecule has 7 nitrogen and oxygen atoms in total. The zero-order valence-electron chi connectivity index (χ0n) is 26.9. The molecule has 0 unspecified atom stereocenters. The molecule has 0 spiro atoms. The van der Waals surface area contributed by atoms with E-state index in [4.69, 9.17) is 9.47 Å². The summed E-state index contributed by atoms with van der Waals surface area (Å²) in [5, 5.41) is 0. The van der Waals surface area contributed by atoms with Gasteiger partial charge in [0.25, 0.3) is 0 Å². The van der Waals surface area contributed by atoms with E-state index in [1.165, 1.54) is 77.0 Å². The quantitative estimate of drug-likeness (QED) is 0.0417. The molecule has 0 atom stereocenters. The van der Waals surface area contributed by atoms with Crippen LogP contribution in [0.5, 0.6) is 0 Å². The number of carbonyl (C=O) groups is 2. The summed E-state index contributed by atoms with van der Waals surface area (Å²) in [5.74, 6) is -1.64. The fourth-order valence-electron chi connectivity index (χ4n) is 4.53. The number of benzene rings is 1. The zero-order valence-corrected chi connectivity index (χ0v) is 30.9. The van der Waals surface area contributed by atoms with Gasteiger partial charge in [0.05, 0.1) is 29.2 Å². The van der Waals surface area contributed by atoms with E-state index in [0.29, 0.717) is 12.8 Å². The third-order valence-electron chi connectivity index (χ3n) is 7.04. The van der Waals surface area contributed by atoms with Crippen LogP contribution in [0.3, 0.4) is 0 Å². The standard InChI is InChI=1S/C34H54O7S.K/c1-3-5-7-9-11-13-15-17-19-21-23-27-40-33(35)31-26-25-30(42(37,38)39)29-32(31)34(36)41-28-24-22-20-18-16-14-12-10-8-6-4-2;/h19-22,25-26,29H,3-18,23-24,27-28H2,1-2H3,(H,37,38,39);/q;+1/p-1/b21-19+,22-20+;. The average Bonchev–Trinajstić information content (AvgIpc) is 2.97. The van der Waals surface area contributed by atoms with E-state index >= 15 is 0 Å². The molecule has 0 saturated carbocycles. The maximum absolute atomic E-state index is 12.7. The molecule has 0 aliphatic heterocycles. The molecular formula is C34H53KO7S. The monoisotopic (exact) mass is 644 g/mol. The first-order valence-corrected chi connectivity index (χ1v) is 17.5. The van der Waals surface area contributed by atoms with Gasteiger partial charge < -0.3 is 14.0 Å². The van der Waals surface area contributed by atoms with Gasteiger partial charge in [-0.3, -0.25) is 0 Å². The van der Waals surface area contributed by atoms with Crippen LogP contribution in [0.25, 0.3) is 0 Å². The first kappa shape index (κ1) is 42.2. The van der Waals surface area contributed by atoms with Gasteiger partial charge >= 0.3 is 63.3 Å². The number of rotatable bonds is 25. The molecule has 0 fully saturated rings. The Kier molecular flexibility index (Phi) is 27.0. The minimum Gasteiger partial charge on any atom is -0.744 e. The van der Waals surface area contributed by atoms with E-state index in [0.717, 1.165) is 43.9 Å². The van der Waals surface area contributed by atoms with Gasteiger partial charge in [-0.1, -0.05) is 115 Å². The summed E-state index contributed by atoms with van der Waals surface area (Å²) in [4.78, 5) is 24.8. The number of esters is 2. The number of hydrogen-bond acceptors (Lipinski definition) is 7. The fourth-order valence-corrected chi connectivity index (χ4v) is 5.03. The molecule has 0 aromatic heterocycles. The second-order valence-corrected chi connectivity index (χ2v) is 12.2. The van der Waals surface area contributed by atoms with Crippen LogP contribution in [0.1, 0.15) is 150 Å². The third kappa shape index (κ3) is 21.5. The van der Waals surface area contributed by atoms with Crippen LogP contribution >= 0.6 is 0 Å². The molecular weight excluding hydrogens is 592 g/mol. The van der Waals surface area contributed by atoms with Gasteiger partial charge in [0.2, 0.25) is 0 Å². The molecule has 1 aromatic rings. The van der Waals surface area contributed by atoms with E-state index in [-0.39, 0.29) is 75.7 Å². The summed E-state index contributed by atoms with van der Waals surface area (Å²) in [6, 6.07) is 3.02. The number of ether oxygens (including phenoxy) is 2. The van der Waals surface area contributed by atoms with Gasteiger partial charge in [-0.25, -0.2) is 18.0 Å². The van der Waals surface area contributed by atoms with E-state index in [9.17, 15) is 22.6 Å². The van der Waals surface area contributed by atoms with Crippen molar-refractivity contribution in [3.8, 4) is 0 Å². The average molecular weight is 645 g/mol. The Morgan fingerprint density at radius 3 is 1.47 bits per heavy atom. The van der Waals surface area contributed by atoms with Crippen LogP contribution in [0.2, 0.25) is 0 Å². The Hall–Kier alpha value is -0.814. The molecule has 0 saturated heterocycles. The van der Waals surface area contributed by atoms with Gasteiger partial charge in [-0.2, -0.15) is 0 Å². The Balaban J connectivity index is 0.0000176. The summed E-state index contributed by atoms with van der Waals surface area (Å²) in [7, 11) is -4.82. The largest absolute Gasteiger partial charge is 1.00 e. The van der Waals surface area contributed by atoms with Crippen molar-refractivity contribution in [3.05, 3.63) is 53.6 Å². The zero-order chi connectivity index (χ0) is 30.9. The Morgan fingerprint density at radius 2 is 1.02 bits per heavy atom. The molecule has 1 rings (SSSR count). The molecule has 0 radical (unpaired) electrons. The Labute approximate surface area is 303 Å². The molecule has 0 heterocycles. The SMILES string of the molecule is CCCCCCCCC/C=C/CCOC(=O)c1ccc(S(=O)(=O)[O-])cc1C(=O)OCC/C=C/CCCCCCCCC.[K+].